The molecule has 0 aliphatic heterocycles. The minimum absolute atomic E-state index is 0.187. The molecule has 0 fully saturated rings. The number of hydrogen-bond donors (Lipinski definition) is 2. The minimum atomic E-state index is -0.988. The molecule has 88 valence electrons. The lowest BCUT2D eigenvalue weighted by atomic mass is 10.1. The molecule has 0 saturated heterocycles. The van der Waals surface area contributed by atoms with E-state index in [1.165, 1.54) is 14.2 Å². The highest BCUT2D eigenvalue weighted by Gasteiger charge is 2.18. The molecule has 0 saturated carbocycles. The molecule has 1 unspecified atom stereocenters. The molecule has 0 aliphatic rings. The zero-order valence-corrected chi connectivity index (χ0v) is 9.25. The molecule has 0 spiro atoms. The summed E-state index contributed by atoms with van der Waals surface area (Å²) in [4.78, 5) is 11.2. The van der Waals surface area contributed by atoms with Crippen molar-refractivity contribution < 1.29 is 19.8 Å². The average molecular weight is 225 g/mol. The Morgan fingerprint density at radius 1 is 1.50 bits per heavy atom. The lowest BCUT2D eigenvalue weighted by molar-refractivity contribution is -0.161. The third-order valence-corrected chi connectivity index (χ3v) is 2.23. The summed E-state index contributed by atoms with van der Waals surface area (Å²) in [6.07, 6.45) is -1.17. The first-order chi connectivity index (χ1) is 7.56. The Bertz CT molecular complexity index is 365. The first-order valence-corrected chi connectivity index (χ1v) is 4.82. The fourth-order valence-electron chi connectivity index (χ4n) is 1.35. The number of para-hydroxylation sites is 1. The van der Waals surface area contributed by atoms with Crippen molar-refractivity contribution in [1.82, 2.24) is 5.06 Å². The van der Waals surface area contributed by atoms with Crippen molar-refractivity contribution >= 4 is 5.91 Å². The third-order valence-electron chi connectivity index (χ3n) is 2.23. The first kappa shape index (κ1) is 12.5. The second-order valence-electron chi connectivity index (χ2n) is 3.38. The zero-order chi connectivity index (χ0) is 12.1. The smallest absolute Gasteiger partial charge is 0.248 e. The molecule has 5 heteroatoms. The lowest BCUT2D eigenvalue weighted by Gasteiger charge is -2.15. The maximum atomic E-state index is 11.2. The van der Waals surface area contributed by atoms with Gasteiger partial charge >= 0.3 is 0 Å². The molecule has 0 heterocycles. The Kier molecular flexibility index (Phi) is 4.28. The molecule has 2 N–H and O–H groups in total. The number of benzene rings is 1. The van der Waals surface area contributed by atoms with Crippen LogP contribution in [-0.2, 0) is 4.79 Å². The summed E-state index contributed by atoms with van der Waals surface area (Å²) in [6.45, 7) is 0. The largest absolute Gasteiger partial charge is 0.496 e. The Morgan fingerprint density at radius 3 is 2.69 bits per heavy atom. The second kappa shape index (κ2) is 5.48. The number of ether oxygens (including phenoxy) is 1. The Morgan fingerprint density at radius 2 is 2.12 bits per heavy atom. The number of carbonyl (C=O) groups excluding carboxylic acids is 1. The molecule has 0 aliphatic carbocycles. The van der Waals surface area contributed by atoms with Gasteiger partial charge in [0.25, 0.3) is 0 Å². The van der Waals surface area contributed by atoms with Crippen LogP contribution < -0.4 is 4.74 Å². The van der Waals surface area contributed by atoms with Gasteiger partial charge in [0, 0.05) is 12.6 Å². The van der Waals surface area contributed by atoms with Crippen molar-refractivity contribution in [2.75, 3.05) is 14.2 Å². The predicted octanol–water partition coefficient (Wildman–Crippen LogP) is 0.966. The zero-order valence-electron chi connectivity index (χ0n) is 9.25. The van der Waals surface area contributed by atoms with E-state index in [9.17, 15) is 9.90 Å². The van der Waals surface area contributed by atoms with Gasteiger partial charge in [0.2, 0.25) is 5.91 Å². The van der Waals surface area contributed by atoms with E-state index in [2.05, 4.69) is 0 Å². The van der Waals surface area contributed by atoms with Crippen LogP contribution in [0.15, 0.2) is 24.3 Å². The molecule has 0 aromatic heterocycles. The van der Waals surface area contributed by atoms with Crippen LogP contribution in [-0.4, -0.2) is 35.4 Å². The van der Waals surface area contributed by atoms with E-state index >= 15 is 0 Å². The van der Waals surface area contributed by atoms with Gasteiger partial charge in [-0.1, -0.05) is 18.2 Å². The van der Waals surface area contributed by atoms with Crippen molar-refractivity contribution in [3.8, 4) is 5.75 Å². The summed E-state index contributed by atoms with van der Waals surface area (Å²) in [5, 5.41) is 19.2. The maximum Gasteiger partial charge on any atom is 0.248 e. The van der Waals surface area contributed by atoms with Crippen LogP contribution in [0.25, 0.3) is 0 Å². The maximum absolute atomic E-state index is 11.2. The SMILES string of the molecule is COc1ccccc1C(O)CC(=O)N(C)O. The van der Waals surface area contributed by atoms with Gasteiger partial charge in [-0.15, -0.1) is 0 Å². The molecule has 1 rings (SSSR count). The Labute approximate surface area is 93.8 Å². The van der Waals surface area contributed by atoms with E-state index in [1.807, 2.05) is 0 Å². The normalized spacial score (nSPS) is 12.0. The fourth-order valence-corrected chi connectivity index (χ4v) is 1.35. The number of methoxy groups -OCH3 is 1. The van der Waals surface area contributed by atoms with Crippen molar-refractivity contribution in [2.45, 2.75) is 12.5 Å². The van der Waals surface area contributed by atoms with Crippen LogP contribution in [0, 0.1) is 0 Å². The molecule has 16 heavy (non-hydrogen) atoms. The van der Waals surface area contributed by atoms with Crippen molar-refractivity contribution in [3.63, 3.8) is 0 Å². The van der Waals surface area contributed by atoms with Crippen molar-refractivity contribution in [3.05, 3.63) is 29.8 Å². The Balaban J connectivity index is 2.80. The molecular weight excluding hydrogens is 210 g/mol. The van der Waals surface area contributed by atoms with E-state index < -0.39 is 12.0 Å². The first-order valence-electron chi connectivity index (χ1n) is 4.82. The summed E-state index contributed by atoms with van der Waals surface area (Å²) in [5.41, 5.74) is 0.528. The van der Waals surface area contributed by atoms with Crippen LogP contribution in [0.4, 0.5) is 0 Å². The van der Waals surface area contributed by atoms with Gasteiger partial charge in [-0.05, 0) is 6.07 Å². The summed E-state index contributed by atoms with van der Waals surface area (Å²) >= 11 is 0. The van der Waals surface area contributed by atoms with Gasteiger partial charge in [-0.2, -0.15) is 0 Å². The molecule has 5 nitrogen and oxygen atoms in total. The molecule has 1 atom stereocenters. The topological polar surface area (TPSA) is 70.0 Å². The average Bonchev–Trinajstić information content (AvgIpc) is 2.28. The van der Waals surface area contributed by atoms with Gasteiger partial charge in [0.05, 0.1) is 19.6 Å². The molecular formula is C11H15NO4. The number of carbonyl (C=O) groups is 1. The van der Waals surface area contributed by atoms with E-state index in [-0.39, 0.29) is 6.42 Å². The number of rotatable bonds is 4. The lowest BCUT2D eigenvalue weighted by Crippen LogP contribution is -2.24. The van der Waals surface area contributed by atoms with Crippen LogP contribution in [0.5, 0.6) is 5.75 Å². The second-order valence-corrected chi connectivity index (χ2v) is 3.38. The minimum Gasteiger partial charge on any atom is -0.496 e. The van der Waals surface area contributed by atoms with E-state index in [0.29, 0.717) is 16.4 Å². The Hall–Kier alpha value is -1.59. The van der Waals surface area contributed by atoms with Crippen LogP contribution in [0.3, 0.4) is 0 Å². The number of aliphatic hydroxyl groups is 1. The van der Waals surface area contributed by atoms with E-state index in [4.69, 9.17) is 9.94 Å². The number of amides is 1. The molecule has 1 aromatic carbocycles. The molecule has 1 aromatic rings. The van der Waals surface area contributed by atoms with Gasteiger partial charge in [0.1, 0.15) is 5.75 Å². The van der Waals surface area contributed by atoms with Gasteiger partial charge < -0.3 is 9.84 Å². The number of hydrogen-bond acceptors (Lipinski definition) is 4. The van der Waals surface area contributed by atoms with Crippen molar-refractivity contribution in [1.29, 1.82) is 0 Å². The number of aliphatic hydroxyl groups excluding tert-OH is 1. The van der Waals surface area contributed by atoms with Crippen LogP contribution in [0.2, 0.25) is 0 Å². The van der Waals surface area contributed by atoms with E-state index in [0.717, 1.165) is 0 Å². The van der Waals surface area contributed by atoms with E-state index in [1.54, 1.807) is 24.3 Å². The van der Waals surface area contributed by atoms with Crippen LogP contribution >= 0.6 is 0 Å². The quantitative estimate of drug-likeness (QED) is 0.591. The highest BCUT2D eigenvalue weighted by molar-refractivity contribution is 5.75. The number of nitrogens with zero attached hydrogens (tertiary/aromatic N) is 1. The monoisotopic (exact) mass is 225 g/mol. The summed E-state index contributed by atoms with van der Waals surface area (Å²) in [7, 11) is 2.71. The summed E-state index contributed by atoms with van der Waals surface area (Å²) < 4.78 is 5.06. The van der Waals surface area contributed by atoms with Crippen LogP contribution in [0.1, 0.15) is 18.1 Å². The summed E-state index contributed by atoms with van der Waals surface area (Å²) in [5.74, 6) is -0.0400. The standard InChI is InChI=1S/C11H15NO4/c1-12(15)11(14)7-9(13)8-5-3-4-6-10(8)16-2/h3-6,9,13,15H,7H2,1-2H3. The van der Waals surface area contributed by atoms with Gasteiger partial charge in [-0.25, -0.2) is 5.06 Å². The highest BCUT2D eigenvalue weighted by Crippen LogP contribution is 2.26. The number of hydroxylamine groups is 2. The fraction of sp³-hybridized carbons (Fsp3) is 0.364. The van der Waals surface area contributed by atoms with Gasteiger partial charge in [-0.3, -0.25) is 10.0 Å². The van der Waals surface area contributed by atoms with Crippen molar-refractivity contribution in [2.24, 2.45) is 0 Å². The molecule has 0 radical (unpaired) electrons. The highest BCUT2D eigenvalue weighted by atomic mass is 16.5. The molecule has 0 bridgehead atoms. The predicted molar refractivity (Wildman–Crippen MR) is 57.1 cm³/mol. The third kappa shape index (κ3) is 2.95. The van der Waals surface area contributed by atoms with Gasteiger partial charge in [0.15, 0.2) is 0 Å². The summed E-state index contributed by atoms with van der Waals surface area (Å²) in [6, 6.07) is 6.89. The molecule has 1 amide bonds.